The van der Waals surface area contributed by atoms with Crippen LogP contribution in [0.15, 0.2) is 30.3 Å². The van der Waals surface area contributed by atoms with E-state index in [0.29, 0.717) is 22.4 Å². The third kappa shape index (κ3) is 4.80. The molecular formula is C19H26ClNO2. The Labute approximate surface area is 144 Å². The molecule has 0 bridgehead atoms. The molecule has 0 unspecified atom stereocenters. The van der Waals surface area contributed by atoms with Crippen LogP contribution in [-0.4, -0.2) is 7.11 Å². The number of aryl methyl sites for hydroxylation is 1. The van der Waals surface area contributed by atoms with Crippen molar-refractivity contribution in [3.8, 4) is 17.2 Å². The van der Waals surface area contributed by atoms with Gasteiger partial charge in [-0.25, -0.2) is 0 Å². The second-order valence-corrected chi connectivity index (χ2v) is 5.72. The van der Waals surface area contributed by atoms with Crippen LogP contribution in [0.5, 0.6) is 17.2 Å². The number of halogens is 1. The van der Waals surface area contributed by atoms with Gasteiger partial charge in [-0.2, -0.15) is 0 Å². The number of nitrogens with two attached hydrogens (primary N) is 1. The Morgan fingerprint density at radius 3 is 2.26 bits per heavy atom. The second-order valence-electron chi connectivity index (χ2n) is 5.31. The highest BCUT2D eigenvalue weighted by atomic mass is 35.5. The minimum atomic E-state index is 0.339. The van der Waals surface area contributed by atoms with Crippen molar-refractivity contribution in [2.24, 2.45) is 0 Å². The highest BCUT2D eigenvalue weighted by molar-refractivity contribution is 6.32. The van der Waals surface area contributed by atoms with Crippen molar-refractivity contribution < 1.29 is 9.47 Å². The molecule has 0 aliphatic heterocycles. The van der Waals surface area contributed by atoms with Gasteiger partial charge in [0, 0.05) is 11.3 Å². The van der Waals surface area contributed by atoms with E-state index in [1.807, 2.05) is 45.0 Å². The predicted molar refractivity (Wildman–Crippen MR) is 99.1 cm³/mol. The fourth-order valence-corrected chi connectivity index (χ4v) is 2.55. The van der Waals surface area contributed by atoms with Crippen LogP contribution in [0.4, 0.5) is 5.69 Å². The quantitative estimate of drug-likeness (QED) is 0.678. The SMILES string of the molecule is CC.COc1ccc(Oc2c(C)cc(N)cc2Cl)cc1C(C)C. The van der Waals surface area contributed by atoms with Crippen LogP contribution in [0.1, 0.15) is 44.7 Å². The van der Waals surface area contributed by atoms with Gasteiger partial charge in [0.25, 0.3) is 0 Å². The average molecular weight is 336 g/mol. The fourth-order valence-electron chi connectivity index (χ4n) is 2.23. The van der Waals surface area contributed by atoms with Gasteiger partial charge >= 0.3 is 0 Å². The molecule has 0 saturated carbocycles. The third-order valence-corrected chi connectivity index (χ3v) is 3.58. The van der Waals surface area contributed by atoms with Crippen LogP contribution >= 0.6 is 11.6 Å². The Balaban J connectivity index is 0.00000127. The molecular weight excluding hydrogens is 310 g/mol. The van der Waals surface area contributed by atoms with Crippen LogP contribution in [-0.2, 0) is 0 Å². The number of nitrogen functional groups attached to an aromatic ring is 1. The lowest BCUT2D eigenvalue weighted by Gasteiger charge is -2.16. The molecule has 0 heterocycles. The lowest BCUT2D eigenvalue weighted by Crippen LogP contribution is -1.96. The molecule has 2 rings (SSSR count). The zero-order valence-corrected chi connectivity index (χ0v) is 15.5. The van der Waals surface area contributed by atoms with E-state index in [-0.39, 0.29) is 0 Å². The van der Waals surface area contributed by atoms with Gasteiger partial charge in [-0.1, -0.05) is 39.3 Å². The Hall–Kier alpha value is -1.87. The number of benzene rings is 2. The molecule has 0 saturated heterocycles. The summed E-state index contributed by atoms with van der Waals surface area (Å²) in [4.78, 5) is 0. The summed E-state index contributed by atoms with van der Waals surface area (Å²) in [6.07, 6.45) is 0. The minimum absolute atomic E-state index is 0.339. The van der Waals surface area contributed by atoms with E-state index >= 15 is 0 Å². The van der Waals surface area contributed by atoms with Crippen molar-refractivity contribution in [2.75, 3.05) is 12.8 Å². The van der Waals surface area contributed by atoms with Gasteiger partial charge in [0.05, 0.1) is 12.1 Å². The van der Waals surface area contributed by atoms with Crippen LogP contribution in [0, 0.1) is 6.92 Å². The molecule has 0 aromatic heterocycles. The predicted octanol–water partition coefficient (Wildman–Crippen LogP) is 6.18. The van der Waals surface area contributed by atoms with Crippen LogP contribution in [0.2, 0.25) is 5.02 Å². The number of methoxy groups -OCH3 is 1. The zero-order valence-electron chi connectivity index (χ0n) is 14.7. The number of anilines is 1. The second kappa shape index (κ2) is 8.68. The standard InChI is InChI=1S/C17H20ClNO2.C2H6/c1-10(2)14-9-13(5-6-16(14)20-4)21-17-11(3)7-12(19)8-15(17)18;1-2/h5-10H,19H2,1-4H3;1-2H3. The van der Waals surface area contributed by atoms with Crippen molar-refractivity contribution in [3.05, 3.63) is 46.5 Å². The normalized spacial score (nSPS) is 10.1. The topological polar surface area (TPSA) is 44.5 Å². The maximum absolute atomic E-state index is 6.22. The zero-order chi connectivity index (χ0) is 17.6. The molecule has 0 aliphatic rings. The summed E-state index contributed by atoms with van der Waals surface area (Å²) in [5.41, 5.74) is 8.40. The Kier molecular flexibility index (Phi) is 7.24. The van der Waals surface area contributed by atoms with Gasteiger partial charge < -0.3 is 15.2 Å². The molecule has 126 valence electrons. The van der Waals surface area contributed by atoms with Crippen molar-refractivity contribution in [1.82, 2.24) is 0 Å². The van der Waals surface area contributed by atoms with E-state index in [1.165, 1.54) is 0 Å². The first-order valence-corrected chi connectivity index (χ1v) is 8.21. The molecule has 0 atom stereocenters. The van der Waals surface area contributed by atoms with Gasteiger partial charge in [0.2, 0.25) is 0 Å². The highest BCUT2D eigenvalue weighted by Crippen LogP contribution is 2.37. The van der Waals surface area contributed by atoms with Crippen molar-refractivity contribution >= 4 is 17.3 Å². The molecule has 0 fully saturated rings. The van der Waals surface area contributed by atoms with E-state index in [9.17, 15) is 0 Å². The highest BCUT2D eigenvalue weighted by Gasteiger charge is 2.12. The fraction of sp³-hybridized carbons (Fsp3) is 0.368. The lowest BCUT2D eigenvalue weighted by atomic mass is 10.0. The average Bonchev–Trinajstić information content (AvgIpc) is 2.52. The van der Waals surface area contributed by atoms with Crippen molar-refractivity contribution in [2.45, 2.75) is 40.5 Å². The molecule has 0 aliphatic carbocycles. The summed E-state index contributed by atoms with van der Waals surface area (Å²) in [5.74, 6) is 2.56. The van der Waals surface area contributed by atoms with Gasteiger partial charge in [0.15, 0.2) is 0 Å². The molecule has 4 heteroatoms. The third-order valence-electron chi connectivity index (χ3n) is 3.29. The van der Waals surface area contributed by atoms with Crippen LogP contribution < -0.4 is 15.2 Å². The number of hydrogen-bond donors (Lipinski definition) is 1. The summed E-state index contributed by atoms with van der Waals surface area (Å²) >= 11 is 6.22. The smallest absolute Gasteiger partial charge is 0.149 e. The van der Waals surface area contributed by atoms with Crippen molar-refractivity contribution in [3.63, 3.8) is 0 Å². The van der Waals surface area contributed by atoms with E-state index in [0.717, 1.165) is 22.6 Å². The summed E-state index contributed by atoms with van der Waals surface area (Å²) in [6, 6.07) is 9.29. The summed E-state index contributed by atoms with van der Waals surface area (Å²) in [5, 5.41) is 0.509. The maximum Gasteiger partial charge on any atom is 0.149 e. The summed E-state index contributed by atoms with van der Waals surface area (Å²) in [6.45, 7) is 10.1. The van der Waals surface area contributed by atoms with Gasteiger partial charge in [0.1, 0.15) is 17.2 Å². The van der Waals surface area contributed by atoms with E-state index in [4.69, 9.17) is 26.8 Å². The molecule has 23 heavy (non-hydrogen) atoms. The molecule has 2 aromatic carbocycles. The maximum atomic E-state index is 6.22. The Morgan fingerprint density at radius 1 is 1.09 bits per heavy atom. The minimum Gasteiger partial charge on any atom is -0.496 e. The lowest BCUT2D eigenvalue weighted by molar-refractivity contribution is 0.405. The summed E-state index contributed by atoms with van der Waals surface area (Å²) < 4.78 is 11.3. The first kappa shape index (κ1) is 19.2. The molecule has 0 spiro atoms. The van der Waals surface area contributed by atoms with Crippen LogP contribution in [0.25, 0.3) is 0 Å². The van der Waals surface area contributed by atoms with Gasteiger partial charge in [-0.05, 0) is 48.7 Å². The molecule has 0 radical (unpaired) electrons. The Morgan fingerprint density at radius 2 is 1.74 bits per heavy atom. The van der Waals surface area contributed by atoms with E-state index in [1.54, 1.807) is 13.2 Å². The number of ether oxygens (including phenoxy) is 2. The van der Waals surface area contributed by atoms with Crippen LogP contribution in [0.3, 0.4) is 0 Å². The number of rotatable bonds is 4. The first-order valence-electron chi connectivity index (χ1n) is 7.83. The molecule has 0 amide bonds. The molecule has 2 N–H and O–H groups in total. The van der Waals surface area contributed by atoms with E-state index in [2.05, 4.69) is 13.8 Å². The monoisotopic (exact) mass is 335 g/mol. The van der Waals surface area contributed by atoms with Gasteiger partial charge in [-0.3, -0.25) is 0 Å². The largest absolute Gasteiger partial charge is 0.496 e. The van der Waals surface area contributed by atoms with E-state index < -0.39 is 0 Å². The number of hydrogen-bond acceptors (Lipinski definition) is 3. The summed E-state index contributed by atoms with van der Waals surface area (Å²) in [7, 11) is 1.67. The van der Waals surface area contributed by atoms with Crippen molar-refractivity contribution in [1.29, 1.82) is 0 Å². The molecule has 3 nitrogen and oxygen atoms in total. The Bertz CT molecular complexity index is 631. The first-order chi connectivity index (χ1) is 10.9. The molecule has 2 aromatic rings. The van der Waals surface area contributed by atoms with Gasteiger partial charge in [-0.15, -0.1) is 0 Å².